The highest BCUT2D eigenvalue weighted by molar-refractivity contribution is 5.85. The van der Waals surface area contributed by atoms with Gasteiger partial charge >= 0.3 is 5.97 Å². The zero-order valence-electron chi connectivity index (χ0n) is 14.0. The molecule has 24 heavy (non-hydrogen) atoms. The maximum absolute atomic E-state index is 10.5. The number of hydrogen-bond donors (Lipinski definition) is 1. The van der Waals surface area contributed by atoms with Gasteiger partial charge in [-0.15, -0.1) is 0 Å². The Morgan fingerprint density at radius 2 is 1.79 bits per heavy atom. The number of carboxylic acid groups (broad SMARTS) is 1. The average molecular weight is 324 g/mol. The van der Waals surface area contributed by atoms with Gasteiger partial charge in [0.15, 0.2) is 0 Å². The van der Waals surface area contributed by atoms with Crippen molar-refractivity contribution < 1.29 is 14.6 Å². The van der Waals surface area contributed by atoms with Crippen molar-refractivity contribution in [3.05, 3.63) is 77.4 Å². The molecule has 0 heterocycles. The van der Waals surface area contributed by atoms with Gasteiger partial charge in [0.1, 0.15) is 0 Å². The van der Waals surface area contributed by atoms with Crippen LogP contribution in [0, 0.1) is 0 Å². The van der Waals surface area contributed by atoms with E-state index in [9.17, 15) is 4.79 Å². The predicted molar refractivity (Wildman–Crippen MR) is 96.7 cm³/mol. The second-order valence-corrected chi connectivity index (χ2v) is 5.82. The van der Waals surface area contributed by atoms with E-state index in [1.54, 1.807) is 6.08 Å². The van der Waals surface area contributed by atoms with Gasteiger partial charge in [-0.05, 0) is 35.6 Å². The topological polar surface area (TPSA) is 46.5 Å². The molecule has 1 atom stereocenters. The number of ether oxygens (including phenoxy) is 1. The van der Waals surface area contributed by atoms with E-state index in [0.29, 0.717) is 6.61 Å². The third-order valence-electron chi connectivity index (χ3n) is 3.80. The lowest BCUT2D eigenvalue weighted by Gasteiger charge is -2.17. The minimum absolute atomic E-state index is 0.190. The second kappa shape index (κ2) is 9.68. The van der Waals surface area contributed by atoms with Gasteiger partial charge in [-0.3, -0.25) is 0 Å². The molecule has 1 unspecified atom stereocenters. The van der Waals surface area contributed by atoms with Crippen LogP contribution in [0.3, 0.4) is 0 Å². The van der Waals surface area contributed by atoms with Crippen molar-refractivity contribution in [3.8, 4) is 0 Å². The molecule has 0 radical (unpaired) electrons. The highest BCUT2D eigenvalue weighted by atomic mass is 16.5. The molecule has 0 saturated carbocycles. The molecule has 0 spiro atoms. The molecule has 1 N–H and O–H groups in total. The largest absolute Gasteiger partial charge is 0.478 e. The minimum atomic E-state index is -0.934. The minimum Gasteiger partial charge on any atom is -0.478 e. The summed E-state index contributed by atoms with van der Waals surface area (Å²) in [6.07, 6.45) is 5.91. The average Bonchev–Trinajstić information content (AvgIpc) is 2.60. The van der Waals surface area contributed by atoms with E-state index in [2.05, 4.69) is 19.1 Å². The number of hydrogen-bond acceptors (Lipinski definition) is 2. The fourth-order valence-corrected chi connectivity index (χ4v) is 2.55. The van der Waals surface area contributed by atoms with Crippen molar-refractivity contribution in [2.24, 2.45) is 0 Å². The van der Waals surface area contributed by atoms with Crippen LogP contribution in [0.15, 0.2) is 60.7 Å². The summed E-state index contributed by atoms with van der Waals surface area (Å²) in [4.78, 5) is 10.5. The molecule has 0 amide bonds. The van der Waals surface area contributed by atoms with Gasteiger partial charge < -0.3 is 9.84 Å². The molecule has 126 valence electrons. The molecule has 0 bridgehead atoms. The zero-order chi connectivity index (χ0) is 17.2. The Labute approximate surface area is 143 Å². The monoisotopic (exact) mass is 324 g/mol. The van der Waals surface area contributed by atoms with Gasteiger partial charge in [0.2, 0.25) is 0 Å². The van der Waals surface area contributed by atoms with Crippen LogP contribution in [0.1, 0.15) is 36.5 Å². The first-order valence-corrected chi connectivity index (χ1v) is 8.33. The van der Waals surface area contributed by atoms with E-state index in [-0.39, 0.29) is 6.10 Å². The second-order valence-electron chi connectivity index (χ2n) is 5.82. The van der Waals surface area contributed by atoms with Crippen LogP contribution in [-0.2, 0) is 22.6 Å². The number of benzene rings is 2. The zero-order valence-corrected chi connectivity index (χ0v) is 14.0. The highest BCUT2D eigenvalue weighted by Crippen LogP contribution is 2.15. The smallest absolute Gasteiger partial charge is 0.328 e. The summed E-state index contributed by atoms with van der Waals surface area (Å²) in [5.74, 6) is -0.934. The van der Waals surface area contributed by atoms with Crippen molar-refractivity contribution in [2.45, 2.75) is 38.9 Å². The highest BCUT2D eigenvalue weighted by Gasteiger charge is 2.09. The molecule has 0 aliphatic carbocycles. The van der Waals surface area contributed by atoms with Crippen molar-refractivity contribution in [1.82, 2.24) is 0 Å². The molecule has 0 saturated heterocycles. The van der Waals surface area contributed by atoms with Gasteiger partial charge in [-0.1, -0.05) is 67.9 Å². The summed E-state index contributed by atoms with van der Waals surface area (Å²) in [6.45, 7) is 2.80. The van der Waals surface area contributed by atoms with E-state index in [1.807, 2.05) is 42.5 Å². The van der Waals surface area contributed by atoms with Crippen LogP contribution in [0.25, 0.3) is 6.08 Å². The van der Waals surface area contributed by atoms with Gasteiger partial charge in [-0.2, -0.15) is 0 Å². The van der Waals surface area contributed by atoms with Crippen LogP contribution in [0.4, 0.5) is 0 Å². The predicted octanol–water partition coefficient (Wildman–Crippen LogP) is 4.71. The van der Waals surface area contributed by atoms with Crippen LogP contribution in [-0.4, -0.2) is 17.2 Å². The van der Waals surface area contributed by atoms with Gasteiger partial charge in [0, 0.05) is 6.08 Å². The maximum atomic E-state index is 10.5. The first kappa shape index (κ1) is 18.0. The number of carbonyl (C=O) groups is 1. The Balaban J connectivity index is 1.93. The van der Waals surface area contributed by atoms with E-state index >= 15 is 0 Å². The third-order valence-corrected chi connectivity index (χ3v) is 3.80. The normalized spacial score (nSPS) is 12.4. The van der Waals surface area contributed by atoms with Gasteiger partial charge in [0.05, 0.1) is 12.7 Å². The summed E-state index contributed by atoms with van der Waals surface area (Å²) in [5.41, 5.74) is 3.28. The standard InChI is InChI=1S/C21H24O3/c1-2-6-20(24-16-19-7-4-3-5-8-19)15-18-11-9-17(10-12-18)13-14-21(22)23/h3-5,7-14,20H,2,6,15-16H2,1H3,(H,22,23). The summed E-state index contributed by atoms with van der Waals surface area (Å²) in [6, 6.07) is 18.2. The first-order valence-electron chi connectivity index (χ1n) is 8.33. The fraction of sp³-hybridized carbons (Fsp3) is 0.286. The van der Waals surface area contributed by atoms with Crippen LogP contribution < -0.4 is 0 Å². The van der Waals surface area contributed by atoms with E-state index in [0.717, 1.165) is 30.9 Å². The van der Waals surface area contributed by atoms with Crippen molar-refractivity contribution in [1.29, 1.82) is 0 Å². The molecule has 3 heteroatoms. The van der Waals surface area contributed by atoms with Crippen molar-refractivity contribution in [2.75, 3.05) is 0 Å². The number of carboxylic acids is 1. The molecular formula is C21H24O3. The van der Waals surface area contributed by atoms with E-state index in [4.69, 9.17) is 9.84 Å². The summed E-state index contributed by atoms with van der Waals surface area (Å²) in [7, 11) is 0. The SMILES string of the molecule is CCCC(Cc1ccc(C=CC(=O)O)cc1)OCc1ccccc1. The van der Waals surface area contributed by atoms with Crippen molar-refractivity contribution in [3.63, 3.8) is 0 Å². The lowest BCUT2D eigenvalue weighted by molar-refractivity contribution is -0.131. The summed E-state index contributed by atoms with van der Waals surface area (Å²) >= 11 is 0. The molecule has 0 aromatic heterocycles. The van der Waals surface area contributed by atoms with Gasteiger partial charge in [-0.25, -0.2) is 4.79 Å². The lowest BCUT2D eigenvalue weighted by Crippen LogP contribution is -2.16. The molecule has 3 nitrogen and oxygen atoms in total. The third kappa shape index (κ3) is 6.39. The Morgan fingerprint density at radius 1 is 1.08 bits per heavy atom. The van der Waals surface area contributed by atoms with Crippen LogP contribution in [0.2, 0.25) is 0 Å². The molecule has 0 aliphatic heterocycles. The van der Waals surface area contributed by atoms with Gasteiger partial charge in [0.25, 0.3) is 0 Å². The van der Waals surface area contributed by atoms with E-state index in [1.165, 1.54) is 11.1 Å². The Hall–Kier alpha value is -2.39. The fourth-order valence-electron chi connectivity index (χ4n) is 2.55. The molecule has 2 aromatic carbocycles. The molecule has 0 aliphatic rings. The Bertz CT molecular complexity index is 645. The molecular weight excluding hydrogens is 300 g/mol. The maximum Gasteiger partial charge on any atom is 0.328 e. The molecule has 0 fully saturated rings. The molecule has 2 rings (SSSR count). The Kier molecular flexibility index (Phi) is 7.24. The van der Waals surface area contributed by atoms with Crippen LogP contribution >= 0.6 is 0 Å². The van der Waals surface area contributed by atoms with Crippen LogP contribution in [0.5, 0.6) is 0 Å². The summed E-state index contributed by atoms with van der Waals surface area (Å²) < 4.78 is 6.09. The number of rotatable bonds is 9. The Morgan fingerprint density at radius 3 is 2.42 bits per heavy atom. The van der Waals surface area contributed by atoms with Crippen molar-refractivity contribution >= 4 is 12.0 Å². The molecule has 2 aromatic rings. The van der Waals surface area contributed by atoms with E-state index < -0.39 is 5.97 Å². The number of aliphatic carboxylic acids is 1. The lowest BCUT2D eigenvalue weighted by atomic mass is 10.0. The quantitative estimate of drug-likeness (QED) is 0.679. The first-order chi connectivity index (χ1) is 11.7. The summed E-state index contributed by atoms with van der Waals surface area (Å²) in [5, 5.41) is 8.66.